The van der Waals surface area contributed by atoms with Gasteiger partial charge in [-0.15, -0.1) is 0 Å². The molecule has 0 spiro atoms. The highest BCUT2D eigenvalue weighted by Crippen LogP contribution is 2.13. The van der Waals surface area contributed by atoms with E-state index in [2.05, 4.69) is 6.92 Å². The van der Waals surface area contributed by atoms with E-state index in [-0.39, 0.29) is 13.2 Å². The lowest BCUT2D eigenvalue weighted by Gasteiger charge is -2.21. The van der Waals surface area contributed by atoms with Crippen LogP contribution in [0, 0.1) is 0 Å². The predicted molar refractivity (Wildman–Crippen MR) is 72.2 cm³/mol. The van der Waals surface area contributed by atoms with Gasteiger partial charge in [-0.05, 0) is 24.1 Å². The summed E-state index contributed by atoms with van der Waals surface area (Å²) in [5, 5.41) is 27.6. The van der Waals surface area contributed by atoms with Crippen LogP contribution >= 0.6 is 0 Å². The van der Waals surface area contributed by atoms with E-state index in [1.807, 2.05) is 24.3 Å². The van der Waals surface area contributed by atoms with Gasteiger partial charge < -0.3 is 25.0 Å². The van der Waals surface area contributed by atoms with Crippen molar-refractivity contribution in [3.8, 4) is 5.75 Å². The normalized spacial score (nSPS) is 12.7. The molecule has 0 aromatic heterocycles. The molecule has 5 heteroatoms. The number of hydrogen-bond acceptors (Lipinski definition) is 4. The first-order chi connectivity index (χ1) is 9.19. The number of benzene rings is 1. The first-order valence-corrected chi connectivity index (χ1v) is 6.68. The highest BCUT2D eigenvalue weighted by molar-refractivity contribution is 5.27. The zero-order valence-corrected chi connectivity index (χ0v) is 11.4. The first-order valence-electron chi connectivity index (χ1n) is 6.68. The molecule has 19 heavy (non-hydrogen) atoms. The number of hydrogen-bond donors (Lipinski definition) is 4. The Kier molecular flexibility index (Phi) is 7.43. The SMILES string of the molecule is CCc1ccc(O[C@@H](O)C[NH+](CCO)CCO)cc1. The number of aliphatic hydroxyl groups excluding tert-OH is 3. The van der Waals surface area contributed by atoms with Crippen molar-refractivity contribution in [1.82, 2.24) is 0 Å². The van der Waals surface area contributed by atoms with E-state index in [0.29, 0.717) is 25.4 Å². The minimum atomic E-state index is -0.944. The maximum atomic E-state index is 9.85. The predicted octanol–water partition coefficient (Wildman–Crippen LogP) is -1.18. The minimum absolute atomic E-state index is 0.0211. The molecular weight excluding hydrogens is 246 g/mol. The largest absolute Gasteiger partial charge is 0.459 e. The lowest BCUT2D eigenvalue weighted by molar-refractivity contribution is -0.906. The van der Waals surface area contributed by atoms with Crippen molar-refractivity contribution in [1.29, 1.82) is 0 Å². The third kappa shape index (κ3) is 6.02. The van der Waals surface area contributed by atoms with Crippen LogP contribution in [0.15, 0.2) is 24.3 Å². The van der Waals surface area contributed by atoms with Crippen LogP contribution in [0.3, 0.4) is 0 Å². The Labute approximate surface area is 114 Å². The summed E-state index contributed by atoms with van der Waals surface area (Å²) in [6.45, 7) is 3.42. The van der Waals surface area contributed by atoms with Gasteiger partial charge in [0.2, 0.25) is 6.29 Å². The van der Waals surface area contributed by atoms with Crippen molar-refractivity contribution in [2.75, 3.05) is 32.8 Å². The van der Waals surface area contributed by atoms with E-state index in [9.17, 15) is 5.11 Å². The molecule has 0 heterocycles. The zero-order chi connectivity index (χ0) is 14.1. The van der Waals surface area contributed by atoms with Crippen molar-refractivity contribution in [2.45, 2.75) is 19.6 Å². The number of aryl methyl sites for hydroxylation is 1. The van der Waals surface area contributed by atoms with Gasteiger partial charge in [-0.3, -0.25) is 0 Å². The first kappa shape index (κ1) is 15.9. The number of aliphatic hydroxyl groups is 3. The fourth-order valence-electron chi connectivity index (χ4n) is 1.89. The molecule has 1 rings (SSSR count). The summed E-state index contributed by atoms with van der Waals surface area (Å²) >= 11 is 0. The van der Waals surface area contributed by atoms with E-state index in [1.54, 1.807) is 0 Å². The number of rotatable bonds is 9. The monoisotopic (exact) mass is 270 g/mol. The molecule has 0 radical (unpaired) electrons. The topological polar surface area (TPSA) is 74.4 Å². The second-order valence-electron chi connectivity index (χ2n) is 4.47. The Hall–Kier alpha value is -1.14. The lowest BCUT2D eigenvalue weighted by atomic mass is 10.2. The molecule has 0 saturated heterocycles. The van der Waals surface area contributed by atoms with Crippen LogP contribution in [0.1, 0.15) is 12.5 Å². The van der Waals surface area contributed by atoms with Gasteiger partial charge in [0.1, 0.15) is 25.4 Å². The minimum Gasteiger partial charge on any atom is -0.459 e. The molecule has 0 amide bonds. The molecule has 0 fully saturated rings. The van der Waals surface area contributed by atoms with Crippen molar-refractivity contribution >= 4 is 0 Å². The van der Waals surface area contributed by atoms with Gasteiger partial charge in [0.15, 0.2) is 0 Å². The average Bonchev–Trinajstić information content (AvgIpc) is 2.40. The van der Waals surface area contributed by atoms with Gasteiger partial charge in [0.05, 0.1) is 13.2 Å². The van der Waals surface area contributed by atoms with Crippen LogP contribution in [0.2, 0.25) is 0 Å². The van der Waals surface area contributed by atoms with Crippen molar-refractivity contribution in [3.05, 3.63) is 29.8 Å². The van der Waals surface area contributed by atoms with Gasteiger partial charge in [-0.2, -0.15) is 0 Å². The van der Waals surface area contributed by atoms with Gasteiger partial charge >= 0.3 is 0 Å². The van der Waals surface area contributed by atoms with E-state index in [0.717, 1.165) is 11.3 Å². The van der Waals surface area contributed by atoms with E-state index < -0.39 is 6.29 Å². The van der Waals surface area contributed by atoms with E-state index >= 15 is 0 Å². The summed E-state index contributed by atoms with van der Waals surface area (Å²) in [5.74, 6) is 0.622. The molecule has 5 nitrogen and oxygen atoms in total. The molecule has 0 unspecified atom stereocenters. The molecular formula is C14H24NO4+. The smallest absolute Gasteiger partial charge is 0.247 e. The number of ether oxygens (including phenoxy) is 1. The Morgan fingerprint density at radius 1 is 1.11 bits per heavy atom. The Morgan fingerprint density at radius 2 is 1.68 bits per heavy atom. The molecule has 0 aliphatic heterocycles. The van der Waals surface area contributed by atoms with Crippen LogP contribution in [0.25, 0.3) is 0 Å². The van der Waals surface area contributed by atoms with E-state index in [1.165, 1.54) is 5.56 Å². The Balaban J connectivity index is 2.45. The van der Waals surface area contributed by atoms with Crippen LogP contribution in [-0.2, 0) is 6.42 Å². The molecule has 1 aromatic rings. The molecule has 0 bridgehead atoms. The van der Waals surface area contributed by atoms with E-state index in [4.69, 9.17) is 14.9 Å². The number of quaternary nitrogens is 1. The van der Waals surface area contributed by atoms with Crippen molar-refractivity contribution in [3.63, 3.8) is 0 Å². The summed E-state index contributed by atoms with van der Waals surface area (Å²) in [6.07, 6.45) is 0.0221. The van der Waals surface area contributed by atoms with Gasteiger partial charge in [-0.25, -0.2) is 0 Å². The molecule has 1 aromatic carbocycles. The fraction of sp³-hybridized carbons (Fsp3) is 0.571. The van der Waals surface area contributed by atoms with Crippen molar-refractivity contribution in [2.24, 2.45) is 0 Å². The lowest BCUT2D eigenvalue weighted by Crippen LogP contribution is -3.14. The quantitative estimate of drug-likeness (QED) is 0.426. The zero-order valence-electron chi connectivity index (χ0n) is 11.4. The van der Waals surface area contributed by atoms with Crippen LogP contribution in [-0.4, -0.2) is 54.5 Å². The molecule has 0 aliphatic carbocycles. The van der Waals surface area contributed by atoms with Crippen LogP contribution in [0.4, 0.5) is 0 Å². The Bertz CT molecular complexity index is 336. The molecule has 108 valence electrons. The maximum Gasteiger partial charge on any atom is 0.247 e. The van der Waals surface area contributed by atoms with Crippen LogP contribution in [0.5, 0.6) is 5.75 Å². The average molecular weight is 270 g/mol. The van der Waals surface area contributed by atoms with Gasteiger partial charge in [-0.1, -0.05) is 19.1 Å². The second-order valence-corrected chi connectivity index (χ2v) is 4.47. The fourth-order valence-corrected chi connectivity index (χ4v) is 1.89. The third-order valence-electron chi connectivity index (χ3n) is 3.00. The molecule has 4 N–H and O–H groups in total. The molecule has 0 aliphatic rings. The number of nitrogens with one attached hydrogen (secondary N) is 1. The Morgan fingerprint density at radius 3 is 2.16 bits per heavy atom. The van der Waals surface area contributed by atoms with Gasteiger partial charge in [0, 0.05) is 0 Å². The third-order valence-corrected chi connectivity index (χ3v) is 3.00. The molecule has 0 saturated carbocycles. The maximum absolute atomic E-state index is 9.85. The summed E-state index contributed by atoms with van der Waals surface area (Å²) in [4.78, 5) is 0.905. The summed E-state index contributed by atoms with van der Waals surface area (Å²) in [6, 6.07) is 7.60. The highest BCUT2D eigenvalue weighted by atomic mass is 16.6. The summed E-state index contributed by atoms with van der Waals surface area (Å²) in [7, 11) is 0. The highest BCUT2D eigenvalue weighted by Gasteiger charge is 2.15. The summed E-state index contributed by atoms with van der Waals surface area (Å²) < 4.78 is 5.41. The summed E-state index contributed by atoms with van der Waals surface area (Å²) in [5.41, 5.74) is 1.22. The second kappa shape index (κ2) is 8.87. The van der Waals surface area contributed by atoms with Crippen molar-refractivity contribution < 1.29 is 25.0 Å². The van der Waals surface area contributed by atoms with Gasteiger partial charge in [0.25, 0.3) is 0 Å². The van der Waals surface area contributed by atoms with Crippen LogP contribution < -0.4 is 9.64 Å². The standard InChI is InChI=1S/C14H23NO4/c1-2-12-3-5-13(6-4-12)19-14(18)11-15(7-9-16)8-10-17/h3-6,14,16-18H,2,7-11H2,1H3/p+1/t14-/m1/s1. The molecule has 1 atom stereocenters.